The lowest BCUT2D eigenvalue weighted by atomic mass is 10.2. The van der Waals surface area contributed by atoms with Gasteiger partial charge in [-0.2, -0.15) is 0 Å². The summed E-state index contributed by atoms with van der Waals surface area (Å²) in [6.07, 6.45) is 0. The van der Waals surface area contributed by atoms with Crippen LogP contribution < -0.4 is 15.4 Å². The largest absolute Gasteiger partial charge is 0.496 e. The van der Waals surface area contributed by atoms with Crippen LogP contribution in [0.4, 0.5) is 0 Å². The van der Waals surface area contributed by atoms with E-state index in [0.29, 0.717) is 19.8 Å². The lowest BCUT2D eigenvalue weighted by Gasteiger charge is -2.13. The van der Waals surface area contributed by atoms with Gasteiger partial charge in [0.25, 0.3) is 0 Å². The average molecular weight is 455 g/mol. The monoisotopic (exact) mass is 455 g/mol. The highest BCUT2D eigenvalue weighted by molar-refractivity contribution is 14.0. The van der Waals surface area contributed by atoms with E-state index >= 15 is 0 Å². The zero-order chi connectivity index (χ0) is 17.0. The number of benzene rings is 2. The predicted octanol–water partition coefficient (Wildman–Crippen LogP) is 3.20. The van der Waals surface area contributed by atoms with Gasteiger partial charge in [-0.25, -0.2) is 0 Å². The highest BCUT2D eigenvalue weighted by atomic mass is 127. The van der Waals surface area contributed by atoms with Crippen molar-refractivity contribution in [3.8, 4) is 5.75 Å². The van der Waals surface area contributed by atoms with Crippen LogP contribution in [0.25, 0.3) is 0 Å². The second-order valence-corrected chi connectivity index (χ2v) is 5.20. The minimum Gasteiger partial charge on any atom is -0.496 e. The molecule has 2 rings (SSSR count). The number of guanidine groups is 1. The van der Waals surface area contributed by atoms with Crippen LogP contribution in [0.1, 0.15) is 11.1 Å². The molecule has 0 spiro atoms. The van der Waals surface area contributed by atoms with Gasteiger partial charge >= 0.3 is 0 Å². The molecule has 0 bridgehead atoms. The maximum Gasteiger partial charge on any atom is 0.191 e. The van der Waals surface area contributed by atoms with Crippen LogP contribution in [0.5, 0.6) is 5.75 Å². The Morgan fingerprint density at radius 3 is 2.44 bits per heavy atom. The summed E-state index contributed by atoms with van der Waals surface area (Å²) in [5, 5.41) is 6.51. The van der Waals surface area contributed by atoms with E-state index in [9.17, 15) is 0 Å². The summed E-state index contributed by atoms with van der Waals surface area (Å²) >= 11 is 0. The van der Waals surface area contributed by atoms with Gasteiger partial charge in [0.1, 0.15) is 5.75 Å². The molecule has 136 valence electrons. The van der Waals surface area contributed by atoms with Crippen molar-refractivity contribution in [1.29, 1.82) is 0 Å². The third kappa shape index (κ3) is 7.74. The summed E-state index contributed by atoms with van der Waals surface area (Å²) in [7, 11) is 3.43. The van der Waals surface area contributed by atoms with Crippen LogP contribution in [-0.4, -0.2) is 33.3 Å². The Morgan fingerprint density at radius 2 is 1.72 bits per heavy atom. The standard InChI is InChI=1S/C19H25N3O2.HI/c1-20-19(22-14-16-8-4-3-5-9-16)21-12-13-24-15-17-10-6-7-11-18(17)23-2;/h3-11H,12-15H2,1-2H3,(H2,20,21,22);1H. The molecule has 2 N–H and O–H groups in total. The first-order chi connectivity index (χ1) is 11.8. The van der Waals surface area contributed by atoms with Gasteiger partial charge in [-0.3, -0.25) is 4.99 Å². The van der Waals surface area contributed by atoms with Gasteiger partial charge in [-0.15, -0.1) is 24.0 Å². The fourth-order valence-corrected chi connectivity index (χ4v) is 2.25. The van der Waals surface area contributed by atoms with E-state index in [4.69, 9.17) is 9.47 Å². The molecule has 0 radical (unpaired) electrons. The Labute approximate surface area is 166 Å². The molecule has 0 unspecified atom stereocenters. The Hall–Kier alpha value is -1.80. The van der Waals surface area contributed by atoms with Crippen molar-refractivity contribution < 1.29 is 9.47 Å². The lowest BCUT2D eigenvalue weighted by molar-refractivity contribution is 0.123. The smallest absolute Gasteiger partial charge is 0.191 e. The zero-order valence-corrected chi connectivity index (χ0v) is 17.0. The number of para-hydroxylation sites is 1. The molecule has 0 atom stereocenters. The van der Waals surface area contributed by atoms with Crippen molar-refractivity contribution in [3.63, 3.8) is 0 Å². The van der Waals surface area contributed by atoms with Gasteiger partial charge in [-0.05, 0) is 11.6 Å². The first kappa shape index (κ1) is 21.2. The second kappa shape index (κ2) is 12.5. The van der Waals surface area contributed by atoms with Crippen LogP contribution in [0.15, 0.2) is 59.6 Å². The van der Waals surface area contributed by atoms with Crippen molar-refractivity contribution >= 4 is 29.9 Å². The zero-order valence-electron chi connectivity index (χ0n) is 14.7. The predicted molar refractivity (Wildman–Crippen MR) is 113 cm³/mol. The van der Waals surface area contributed by atoms with Crippen molar-refractivity contribution in [3.05, 3.63) is 65.7 Å². The van der Waals surface area contributed by atoms with Gasteiger partial charge in [0.2, 0.25) is 0 Å². The molecule has 25 heavy (non-hydrogen) atoms. The lowest BCUT2D eigenvalue weighted by Crippen LogP contribution is -2.38. The van der Waals surface area contributed by atoms with Gasteiger partial charge in [0, 0.05) is 25.7 Å². The Morgan fingerprint density at radius 1 is 1.00 bits per heavy atom. The first-order valence-corrected chi connectivity index (χ1v) is 8.01. The van der Waals surface area contributed by atoms with E-state index in [1.54, 1.807) is 14.2 Å². The second-order valence-electron chi connectivity index (χ2n) is 5.20. The van der Waals surface area contributed by atoms with Gasteiger partial charge in [0.05, 0.1) is 20.3 Å². The highest BCUT2D eigenvalue weighted by Gasteiger charge is 2.02. The van der Waals surface area contributed by atoms with E-state index in [2.05, 4.69) is 27.8 Å². The maximum absolute atomic E-state index is 5.69. The fourth-order valence-electron chi connectivity index (χ4n) is 2.25. The quantitative estimate of drug-likeness (QED) is 0.278. The Kier molecular flexibility index (Phi) is 10.7. The summed E-state index contributed by atoms with van der Waals surface area (Å²) in [4.78, 5) is 4.21. The van der Waals surface area contributed by atoms with Crippen molar-refractivity contribution in [2.75, 3.05) is 27.3 Å². The van der Waals surface area contributed by atoms with E-state index in [-0.39, 0.29) is 24.0 Å². The van der Waals surface area contributed by atoms with Crippen molar-refractivity contribution in [2.24, 2.45) is 4.99 Å². The van der Waals surface area contributed by atoms with E-state index in [0.717, 1.165) is 23.8 Å². The molecule has 0 saturated heterocycles. The molecule has 0 aliphatic rings. The topological polar surface area (TPSA) is 54.9 Å². The molecule has 0 heterocycles. The number of hydrogen-bond donors (Lipinski definition) is 2. The summed E-state index contributed by atoms with van der Waals surface area (Å²) in [6.45, 7) is 2.54. The number of nitrogens with one attached hydrogen (secondary N) is 2. The molecule has 5 nitrogen and oxygen atoms in total. The highest BCUT2D eigenvalue weighted by Crippen LogP contribution is 2.17. The van der Waals surface area contributed by atoms with E-state index < -0.39 is 0 Å². The molecule has 2 aromatic rings. The minimum atomic E-state index is 0. The number of methoxy groups -OCH3 is 1. The molecule has 0 amide bonds. The van der Waals surface area contributed by atoms with Gasteiger partial charge in [0.15, 0.2) is 5.96 Å². The summed E-state index contributed by atoms with van der Waals surface area (Å²) in [5.41, 5.74) is 2.26. The molecule has 0 aliphatic carbocycles. The minimum absolute atomic E-state index is 0. The SMILES string of the molecule is CN=C(NCCOCc1ccccc1OC)NCc1ccccc1.I. The number of hydrogen-bond acceptors (Lipinski definition) is 3. The number of ether oxygens (including phenoxy) is 2. The van der Waals surface area contributed by atoms with E-state index in [1.807, 2.05) is 42.5 Å². The fraction of sp³-hybridized carbons (Fsp3) is 0.316. The molecule has 2 aromatic carbocycles. The first-order valence-electron chi connectivity index (χ1n) is 8.01. The normalized spacial score (nSPS) is 10.7. The Bertz CT molecular complexity index is 636. The number of aliphatic imine (C=N–C) groups is 1. The van der Waals surface area contributed by atoms with Crippen LogP contribution >= 0.6 is 24.0 Å². The molecule has 0 aliphatic heterocycles. The average Bonchev–Trinajstić information content (AvgIpc) is 2.65. The molecule has 0 saturated carbocycles. The third-order valence-electron chi connectivity index (χ3n) is 3.52. The molecule has 6 heteroatoms. The molecule has 0 aromatic heterocycles. The Balaban J connectivity index is 0.00000312. The van der Waals surface area contributed by atoms with E-state index in [1.165, 1.54) is 5.56 Å². The van der Waals surface area contributed by atoms with Crippen molar-refractivity contribution in [1.82, 2.24) is 10.6 Å². The maximum atomic E-state index is 5.69. The molecule has 0 fully saturated rings. The summed E-state index contributed by atoms with van der Waals surface area (Å²) < 4.78 is 11.0. The van der Waals surface area contributed by atoms with Crippen LogP contribution in [0.3, 0.4) is 0 Å². The molecular formula is C19H26IN3O2. The van der Waals surface area contributed by atoms with Gasteiger partial charge < -0.3 is 20.1 Å². The summed E-state index contributed by atoms with van der Waals surface area (Å²) in [5.74, 6) is 1.62. The third-order valence-corrected chi connectivity index (χ3v) is 3.52. The summed E-state index contributed by atoms with van der Waals surface area (Å²) in [6, 6.07) is 18.1. The van der Waals surface area contributed by atoms with Crippen LogP contribution in [0, 0.1) is 0 Å². The van der Waals surface area contributed by atoms with Crippen LogP contribution in [-0.2, 0) is 17.9 Å². The number of halogens is 1. The van der Waals surface area contributed by atoms with Crippen molar-refractivity contribution in [2.45, 2.75) is 13.2 Å². The molecular weight excluding hydrogens is 429 g/mol. The number of rotatable bonds is 8. The number of nitrogens with zero attached hydrogens (tertiary/aromatic N) is 1. The van der Waals surface area contributed by atoms with Gasteiger partial charge in [-0.1, -0.05) is 48.5 Å². The van der Waals surface area contributed by atoms with Crippen LogP contribution in [0.2, 0.25) is 0 Å².